The first-order valence-corrected chi connectivity index (χ1v) is 8.52. The van der Waals surface area contributed by atoms with Gasteiger partial charge < -0.3 is 10.2 Å². The molecule has 0 atom stereocenters. The SMILES string of the molecule is CCc1ccc(-c2nc(N3CCC(CNC)CC3)n[nH]2)s1. The fourth-order valence-corrected chi connectivity index (χ4v) is 3.71. The van der Waals surface area contributed by atoms with E-state index in [1.165, 1.54) is 22.6 Å². The Labute approximate surface area is 129 Å². The Balaban J connectivity index is 1.65. The average Bonchev–Trinajstić information content (AvgIpc) is 3.17. The molecular formula is C15H23N5S. The van der Waals surface area contributed by atoms with Crippen molar-refractivity contribution in [2.75, 3.05) is 31.6 Å². The number of nitrogens with zero attached hydrogens (tertiary/aromatic N) is 3. The topological polar surface area (TPSA) is 56.8 Å². The molecule has 1 aliphatic heterocycles. The standard InChI is InChI=1S/C15H23N5S/c1-3-12-4-5-13(21-12)14-17-15(19-18-14)20-8-6-11(7-9-20)10-16-2/h4-5,11,16H,3,6-10H2,1-2H3,(H,17,18,19). The minimum absolute atomic E-state index is 0.786. The molecule has 21 heavy (non-hydrogen) atoms. The van der Waals surface area contributed by atoms with Crippen LogP contribution in [0.25, 0.3) is 10.7 Å². The molecule has 3 rings (SSSR count). The summed E-state index contributed by atoms with van der Waals surface area (Å²) in [5, 5.41) is 10.8. The van der Waals surface area contributed by atoms with E-state index in [9.17, 15) is 0 Å². The van der Waals surface area contributed by atoms with Gasteiger partial charge in [-0.05, 0) is 50.9 Å². The lowest BCUT2D eigenvalue weighted by Gasteiger charge is -2.30. The lowest BCUT2D eigenvalue weighted by atomic mass is 9.97. The molecule has 2 aromatic rings. The van der Waals surface area contributed by atoms with E-state index in [2.05, 4.69) is 44.5 Å². The number of hydrogen-bond acceptors (Lipinski definition) is 5. The number of piperidine rings is 1. The van der Waals surface area contributed by atoms with E-state index >= 15 is 0 Å². The third-order valence-electron chi connectivity index (χ3n) is 4.11. The normalized spacial score (nSPS) is 16.6. The predicted molar refractivity (Wildman–Crippen MR) is 87.9 cm³/mol. The second-order valence-electron chi connectivity index (χ2n) is 5.59. The van der Waals surface area contributed by atoms with Crippen molar-refractivity contribution in [3.05, 3.63) is 17.0 Å². The van der Waals surface area contributed by atoms with Crippen LogP contribution >= 0.6 is 11.3 Å². The van der Waals surface area contributed by atoms with Gasteiger partial charge in [-0.25, -0.2) is 0 Å². The van der Waals surface area contributed by atoms with Gasteiger partial charge in [-0.2, -0.15) is 4.98 Å². The van der Waals surface area contributed by atoms with Crippen molar-refractivity contribution < 1.29 is 0 Å². The van der Waals surface area contributed by atoms with Crippen molar-refractivity contribution in [3.63, 3.8) is 0 Å². The molecule has 0 aliphatic carbocycles. The van der Waals surface area contributed by atoms with E-state index in [0.29, 0.717) is 0 Å². The highest BCUT2D eigenvalue weighted by atomic mass is 32.1. The Kier molecular flexibility index (Phi) is 4.55. The number of aromatic amines is 1. The molecule has 1 saturated heterocycles. The molecule has 114 valence electrons. The third kappa shape index (κ3) is 3.27. The zero-order valence-corrected chi connectivity index (χ0v) is 13.5. The molecule has 0 aromatic carbocycles. The average molecular weight is 305 g/mol. The van der Waals surface area contributed by atoms with Crippen LogP contribution < -0.4 is 10.2 Å². The summed E-state index contributed by atoms with van der Waals surface area (Å²) in [6.45, 7) is 5.39. The fraction of sp³-hybridized carbons (Fsp3) is 0.600. The number of nitrogens with one attached hydrogen (secondary N) is 2. The van der Waals surface area contributed by atoms with Gasteiger partial charge in [0.1, 0.15) is 0 Å². The summed E-state index contributed by atoms with van der Waals surface area (Å²) in [5.41, 5.74) is 0. The van der Waals surface area contributed by atoms with Crippen molar-refractivity contribution in [1.29, 1.82) is 0 Å². The zero-order valence-electron chi connectivity index (χ0n) is 12.7. The van der Waals surface area contributed by atoms with Crippen molar-refractivity contribution in [2.24, 2.45) is 5.92 Å². The van der Waals surface area contributed by atoms with Gasteiger partial charge in [-0.15, -0.1) is 16.4 Å². The maximum absolute atomic E-state index is 4.68. The molecule has 0 spiro atoms. The van der Waals surface area contributed by atoms with Crippen LogP contribution in [0.3, 0.4) is 0 Å². The summed E-state index contributed by atoms with van der Waals surface area (Å²) >= 11 is 1.79. The Morgan fingerprint density at radius 3 is 2.86 bits per heavy atom. The van der Waals surface area contributed by atoms with E-state index in [1.807, 2.05) is 7.05 Å². The largest absolute Gasteiger partial charge is 0.340 e. The van der Waals surface area contributed by atoms with Crippen LogP contribution in [-0.4, -0.2) is 41.9 Å². The monoisotopic (exact) mass is 305 g/mol. The highest BCUT2D eigenvalue weighted by Gasteiger charge is 2.21. The quantitative estimate of drug-likeness (QED) is 0.891. The summed E-state index contributed by atoms with van der Waals surface area (Å²) in [5.74, 6) is 2.53. The molecule has 0 amide bonds. The van der Waals surface area contributed by atoms with Crippen LogP contribution in [0.1, 0.15) is 24.6 Å². The molecular weight excluding hydrogens is 282 g/mol. The zero-order chi connectivity index (χ0) is 14.7. The summed E-state index contributed by atoms with van der Waals surface area (Å²) in [6.07, 6.45) is 3.50. The number of hydrogen-bond donors (Lipinski definition) is 2. The number of anilines is 1. The number of aryl methyl sites for hydroxylation is 1. The Hall–Kier alpha value is -1.40. The highest BCUT2D eigenvalue weighted by Crippen LogP contribution is 2.27. The number of H-pyrrole nitrogens is 1. The molecule has 3 heterocycles. The van der Waals surface area contributed by atoms with Gasteiger partial charge >= 0.3 is 0 Å². The molecule has 0 radical (unpaired) electrons. The van der Waals surface area contributed by atoms with Crippen molar-refractivity contribution >= 4 is 17.3 Å². The minimum Gasteiger partial charge on any atom is -0.340 e. The van der Waals surface area contributed by atoms with Gasteiger partial charge in [0, 0.05) is 18.0 Å². The van der Waals surface area contributed by atoms with Crippen LogP contribution in [0.5, 0.6) is 0 Å². The number of rotatable bonds is 5. The van der Waals surface area contributed by atoms with E-state index < -0.39 is 0 Å². The molecule has 1 fully saturated rings. The smallest absolute Gasteiger partial charge is 0.245 e. The molecule has 0 unspecified atom stereocenters. The summed E-state index contributed by atoms with van der Waals surface area (Å²) in [4.78, 5) is 9.53. The lowest BCUT2D eigenvalue weighted by Crippen LogP contribution is -2.37. The predicted octanol–water partition coefficient (Wildman–Crippen LogP) is 2.53. The Morgan fingerprint density at radius 2 is 2.19 bits per heavy atom. The van der Waals surface area contributed by atoms with E-state index in [0.717, 1.165) is 43.7 Å². The van der Waals surface area contributed by atoms with Gasteiger partial charge in [-0.3, -0.25) is 5.10 Å². The van der Waals surface area contributed by atoms with Crippen LogP contribution in [0.4, 0.5) is 5.95 Å². The maximum atomic E-state index is 4.68. The van der Waals surface area contributed by atoms with Gasteiger partial charge in [-0.1, -0.05) is 6.92 Å². The van der Waals surface area contributed by atoms with Crippen LogP contribution in [-0.2, 0) is 6.42 Å². The minimum atomic E-state index is 0.786. The van der Waals surface area contributed by atoms with Crippen molar-refractivity contribution in [2.45, 2.75) is 26.2 Å². The van der Waals surface area contributed by atoms with Gasteiger partial charge in [0.25, 0.3) is 0 Å². The first-order valence-electron chi connectivity index (χ1n) is 7.71. The van der Waals surface area contributed by atoms with Crippen LogP contribution in [0.15, 0.2) is 12.1 Å². The molecule has 0 saturated carbocycles. The molecule has 2 aromatic heterocycles. The van der Waals surface area contributed by atoms with E-state index in [-0.39, 0.29) is 0 Å². The number of thiophene rings is 1. The first-order chi connectivity index (χ1) is 10.3. The Bertz CT molecular complexity index is 568. The fourth-order valence-electron chi connectivity index (χ4n) is 2.83. The van der Waals surface area contributed by atoms with E-state index in [1.54, 1.807) is 11.3 Å². The third-order valence-corrected chi connectivity index (χ3v) is 5.34. The van der Waals surface area contributed by atoms with Gasteiger partial charge in [0.05, 0.1) is 4.88 Å². The maximum Gasteiger partial charge on any atom is 0.245 e. The first kappa shape index (κ1) is 14.5. The van der Waals surface area contributed by atoms with Gasteiger partial charge in [0.2, 0.25) is 5.95 Å². The summed E-state index contributed by atoms with van der Waals surface area (Å²) in [7, 11) is 2.03. The molecule has 5 nitrogen and oxygen atoms in total. The lowest BCUT2D eigenvalue weighted by molar-refractivity contribution is 0.391. The van der Waals surface area contributed by atoms with Crippen molar-refractivity contribution in [1.82, 2.24) is 20.5 Å². The molecule has 2 N–H and O–H groups in total. The second-order valence-corrected chi connectivity index (χ2v) is 6.76. The van der Waals surface area contributed by atoms with Crippen molar-refractivity contribution in [3.8, 4) is 10.7 Å². The Morgan fingerprint density at radius 1 is 1.38 bits per heavy atom. The number of aromatic nitrogens is 3. The second kappa shape index (κ2) is 6.58. The molecule has 0 bridgehead atoms. The summed E-state index contributed by atoms with van der Waals surface area (Å²) in [6, 6.07) is 4.30. The summed E-state index contributed by atoms with van der Waals surface area (Å²) < 4.78 is 0. The van der Waals surface area contributed by atoms with E-state index in [4.69, 9.17) is 0 Å². The van der Waals surface area contributed by atoms with Crippen LogP contribution in [0, 0.1) is 5.92 Å². The van der Waals surface area contributed by atoms with Crippen LogP contribution in [0.2, 0.25) is 0 Å². The van der Waals surface area contributed by atoms with Gasteiger partial charge in [0.15, 0.2) is 5.82 Å². The highest BCUT2D eigenvalue weighted by molar-refractivity contribution is 7.15. The molecule has 6 heteroatoms. The molecule has 1 aliphatic rings.